The summed E-state index contributed by atoms with van der Waals surface area (Å²) in [4.78, 5) is 27.9. The van der Waals surface area contributed by atoms with Gasteiger partial charge in [-0.2, -0.15) is 0 Å². The van der Waals surface area contributed by atoms with Crippen LogP contribution in [0.15, 0.2) is 48.2 Å². The van der Waals surface area contributed by atoms with Gasteiger partial charge in [-0.05, 0) is 38.5 Å². The number of hydrogen-bond acceptors (Lipinski definition) is 7. The molecule has 0 fully saturated rings. The maximum atomic E-state index is 13.4. The molecule has 1 heterocycles. The molecule has 0 atom stereocenters. The van der Waals surface area contributed by atoms with Crippen molar-refractivity contribution in [1.29, 1.82) is 0 Å². The second kappa shape index (κ2) is 11.4. The van der Waals surface area contributed by atoms with Crippen molar-refractivity contribution in [2.24, 2.45) is 0 Å². The van der Waals surface area contributed by atoms with Crippen LogP contribution in [0, 0.1) is 0 Å². The van der Waals surface area contributed by atoms with Gasteiger partial charge >= 0.3 is 0 Å². The molecule has 1 aliphatic rings. The zero-order chi connectivity index (χ0) is 23.8. The number of carbonyl (C=O) groups is 2. The highest BCUT2D eigenvalue weighted by Gasteiger charge is 2.40. The summed E-state index contributed by atoms with van der Waals surface area (Å²) >= 11 is 0. The Balaban J connectivity index is 2.04. The van der Waals surface area contributed by atoms with Crippen LogP contribution in [0.1, 0.15) is 25.8 Å². The number of carbonyl (C=O) groups excluding carboxylic acids is 2. The molecule has 0 radical (unpaired) electrons. The van der Waals surface area contributed by atoms with Gasteiger partial charge in [-0.25, -0.2) is 0 Å². The highest BCUT2D eigenvalue weighted by atomic mass is 16.5. The molecule has 1 N–H and O–H groups in total. The van der Waals surface area contributed by atoms with E-state index < -0.39 is 5.91 Å². The van der Waals surface area contributed by atoms with Gasteiger partial charge in [-0.1, -0.05) is 18.2 Å². The predicted octanol–water partition coefficient (Wildman–Crippen LogP) is 3.72. The van der Waals surface area contributed by atoms with E-state index in [1.165, 1.54) is 12.0 Å². The molecule has 8 nitrogen and oxygen atoms in total. The lowest BCUT2D eigenvalue weighted by molar-refractivity contribution is -0.137. The minimum absolute atomic E-state index is 0.188. The van der Waals surface area contributed by atoms with Crippen LogP contribution in [-0.2, 0) is 14.3 Å². The second-order valence-electron chi connectivity index (χ2n) is 7.21. The molecule has 2 aromatic rings. The minimum atomic E-state index is -0.399. The van der Waals surface area contributed by atoms with E-state index in [4.69, 9.17) is 18.9 Å². The average Bonchev–Trinajstić information content (AvgIpc) is 3.05. The van der Waals surface area contributed by atoms with Crippen molar-refractivity contribution in [3.8, 4) is 17.2 Å². The van der Waals surface area contributed by atoms with Crippen LogP contribution in [0.3, 0.4) is 0 Å². The van der Waals surface area contributed by atoms with Crippen LogP contribution >= 0.6 is 0 Å². The van der Waals surface area contributed by atoms with Crippen LogP contribution in [0.4, 0.5) is 5.69 Å². The van der Waals surface area contributed by atoms with Gasteiger partial charge in [0, 0.05) is 37.6 Å². The van der Waals surface area contributed by atoms with Crippen LogP contribution in [-0.4, -0.2) is 57.3 Å². The number of nitrogens with zero attached hydrogens (tertiary/aromatic N) is 1. The topological polar surface area (TPSA) is 86.3 Å². The molecule has 2 amide bonds. The smallest absolute Gasteiger partial charge is 0.278 e. The van der Waals surface area contributed by atoms with Crippen LogP contribution < -0.4 is 19.5 Å². The van der Waals surface area contributed by atoms with Crippen molar-refractivity contribution in [2.45, 2.75) is 20.3 Å². The van der Waals surface area contributed by atoms with Crippen molar-refractivity contribution in [3.05, 3.63) is 53.7 Å². The third-order valence-electron chi connectivity index (χ3n) is 5.09. The maximum Gasteiger partial charge on any atom is 0.278 e. The fraction of sp³-hybridized carbons (Fsp3) is 0.360. The number of benzene rings is 2. The fourth-order valence-corrected chi connectivity index (χ4v) is 3.64. The number of methoxy groups -OCH3 is 2. The van der Waals surface area contributed by atoms with E-state index in [-0.39, 0.29) is 23.7 Å². The second-order valence-corrected chi connectivity index (χ2v) is 7.21. The van der Waals surface area contributed by atoms with Gasteiger partial charge in [-0.3, -0.25) is 14.5 Å². The van der Waals surface area contributed by atoms with Gasteiger partial charge in [0.15, 0.2) is 11.5 Å². The van der Waals surface area contributed by atoms with Crippen molar-refractivity contribution in [3.63, 3.8) is 0 Å². The molecule has 0 unspecified atom stereocenters. The van der Waals surface area contributed by atoms with E-state index in [9.17, 15) is 9.59 Å². The maximum absolute atomic E-state index is 13.4. The predicted molar refractivity (Wildman–Crippen MR) is 126 cm³/mol. The van der Waals surface area contributed by atoms with Crippen LogP contribution in [0.2, 0.25) is 0 Å². The first-order valence-corrected chi connectivity index (χ1v) is 10.9. The molecular weight excluding hydrogens is 424 g/mol. The first kappa shape index (κ1) is 24.1. The molecule has 33 heavy (non-hydrogen) atoms. The number of para-hydroxylation sites is 1. The normalized spacial score (nSPS) is 13.5. The number of ether oxygens (including phenoxy) is 4. The summed E-state index contributed by atoms with van der Waals surface area (Å²) in [7, 11) is 3.12. The number of imide groups is 1. The van der Waals surface area contributed by atoms with Gasteiger partial charge in [0.25, 0.3) is 11.8 Å². The highest BCUT2D eigenvalue weighted by molar-refractivity contribution is 6.37. The van der Waals surface area contributed by atoms with E-state index in [2.05, 4.69) is 5.32 Å². The largest absolute Gasteiger partial charge is 0.496 e. The van der Waals surface area contributed by atoms with Gasteiger partial charge in [0.1, 0.15) is 11.4 Å². The number of rotatable bonds is 12. The average molecular weight is 455 g/mol. The summed E-state index contributed by atoms with van der Waals surface area (Å²) in [5, 5.41) is 3.15. The summed E-state index contributed by atoms with van der Waals surface area (Å²) in [5.74, 6) is 0.896. The minimum Gasteiger partial charge on any atom is -0.496 e. The Hall–Kier alpha value is -3.52. The Bertz CT molecular complexity index is 1030. The van der Waals surface area contributed by atoms with Gasteiger partial charge in [0.2, 0.25) is 0 Å². The lowest BCUT2D eigenvalue weighted by atomic mass is 10.0. The van der Waals surface area contributed by atoms with E-state index in [1.54, 1.807) is 43.5 Å². The Morgan fingerprint density at radius 2 is 1.61 bits per heavy atom. The molecule has 0 saturated carbocycles. The van der Waals surface area contributed by atoms with Gasteiger partial charge in [0.05, 0.1) is 25.9 Å². The molecule has 0 spiro atoms. The lowest BCUT2D eigenvalue weighted by Crippen LogP contribution is -2.33. The molecule has 0 aromatic heterocycles. The molecule has 0 aliphatic carbocycles. The molecule has 3 rings (SSSR count). The molecule has 2 aromatic carbocycles. The Kier molecular flexibility index (Phi) is 8.32. The molecule has 1 aliphatic heterocycles. The SMILES string of the molecule is CCOc1ccc(NC2=C(c3ccccc3OC)C(=O)N(CCCOC)C2=O)cc1OCC. The Labute approximate surface area is 194 Å². The number of nitrogens with one attached hydrogen (secondary N) is 1. The zero-order valence-corrected chi connectivity index (χ0v) is 19.5. The van der Waals surface area contributed by atoms with Crippen molar-refractivity contribution in [1.82, 2.24) is 4.90 Å². The summed E-state index contributed by atoms with van der Waals surface area (Å²) in [6, 6.07) is 12.5. The van der Waals surface area contributed by atoms with Crippen LogP contribution in [0.5, 0.6) is 17.2 Å². The molecular formula is C25H30N2O6. The summed E-state index contributed by atoms with van der Waals surface area (Å²) in [5.41, 5.74) is 1.60. The summed E-state index contributed by atoms with van der Waals surface area (Å²) in [6.45, 7) is 5.44. The van der Waals surface area contributed by atoms with E-state index in [0.717, 1.165) is 0 Å². The zero-order valence-electron chi connectivity index (χ0n) is 19.5. The third-order valence-corrected chi connectivity index (χ3v) is 5.09. The first-order chi connectivity index (χ1) is 16.0. The molecule has 176 valence electrons. The summed E-state index contributed by atoms with van der Waals surface area (Å²) < 4.78 is 21.9. The molecule has 0 bridgehead atoms. The highest BCUT2D eigenvalue weighted by Crippen LogP contribution is 2.37. The first-order valence-electron chi connectivity index (χ1n) is 10.9. The van der Waals surface area contributed by atoms with Crippen LogP contribution in [0.25, 0.3) is 5.57 Å². The number of amides is 2. The molecule has 8 heteroatoms. The number of hydrogen-bond donors (Lipinski definition) is 1. The van der Waals surface area contributed by atoms with E-state index in [0.29, 0.717) is 54.7 Å². The van der Waals surface area contributed by atoms with E-state index >= 15 is 0 Å². The fourth-order valence-electron chi connectivity index (χ4n) is 3.64. The quantitative estimate of drug-likeness (QED) is 0.386. The van der Waals surface area contributed by atoms with Crippen molar-refractivity contribution < 1.29 is 28.5 Å². The standard InChI is InChI=1S/C25H30N2O6/c1-5-32-20-13-12-17(16-21(20)33-6-2)26-23-22(18-10-7-8-11-19(18)31-4)24(28)27(25(23)29)14-9-15-30-3/h7-8,10-13,16,26H,5-6,9,14-15H2,1-4H3. The number of anilines is 1. The third kappa shape index (κ3) is 5.28. The molecule has 0 saturated heterocycles. The van der Waals surface area contributed by atoms with Gasteiger partial charge in [-0.15, -0.1) is 0 Å². The van der Waals surface area contributed by atoms with E-state index in [1.807, 2.05) is 19.9 Å². The van der Waals surface area contributed by atoms with Crippen molar-refractivity contribution >= 4 is 23.1 Å². The Morgan fingerprint density at radius 3 is 2.30 bits per heavy atom. The Morgan fingerprint density at radius 1 is 0.879 bits per heavy atom. The monoisotopic (exact) mass is 454 g/mol. The summed E-state index contributed by atoms with van der Waals surface area (Å²) in [6.07, 6.45) is 0.540. The van der Waals surface area contributed by atoms with Gasteiger partial charge < -0.3 is 24.3 Å². The lowest BCUT2D eigenvalue weighted by Gasteiger charge is -2.16. The van der Waals surface area contributed by atoms with Crippen molar-refractivity contribution in [2.75, 3.05) is 45.9 Å².